The van der Waals surface area contributed by atoms with Crippen molar-refractivity contribution in [2.45, 2.75) is 13.8 Å². The van der Waals surface area contributed by atoms with Gasteiger partial charge in [-0.25, -0.2) is 9.97 Å². The lowest BCUT2D eigenvalue weighted by Gasteiger charge is -2.19. The molecule has 0 radical (unpaired) electrons. The van der Waals surface area contributed by atoms with Crippen LogP contribution in [0.4, 0.5) is 0 Å². The van der Waals surface area contributed by atoms with Crippen molar-refractivity contribution in [3.05, 3.63) is 117 Å². The molecule has 0 saturated carbocycles. The van der Waals surface area contributed by atoms with Crippen molar-refractivity contribution in [3.63, 3.8) is 0 Å². The molecule has 4 aromatic carbocycles. The third-order valence-electron chi connectivity index (χ3n) is 7.06. The van der Waals surface area contributed by atoms with Gasteiger partial charge in [-0.05, 0) is 85.6 Å². The summed E-state index contributed by atoms with van der Waals surface area (Å²) in [7, 11) is 3.17. The van der Waals surface area contributed by atoms with E-state index in [1.165, 1.54) is 9.13 Å². The summed E-state index contributed by atoms with van der Waals surface area (Å²) in [5.74, 6) is 1.79. The minimum absolute atomic E-state index is 0.245. The van der Waals surface area contributed by atoms with Crippen LogP contribution in [0.2, 0.25) is 0 Å². The summed E-state index contributed by atoms with van der Waals surface area (Å²) in [6, 6.07) is 25.3. The van der Waals surface area contributed by atoms with Crippen LogP contribution in [-0.2, 0) is 0 Å². The number of hydrogen-bond donors (Lipinski definition) is 0. The SMILES string of the molecule is COc1ccc(-n2c(-c3nc4c(C)cccc4c(=O)n3-c3ccc(OC)cc3)nc3c(C)cccc3c2=O)cc1. The first-order valence-corrected chi connectivity index (χ1v) is 12.7. The predicted molar refractivity (Wildman–Crippen MR) is 156 cm³/mol. The van der Waals surface area contributed by atoms with E-state index < -0.39 is 0 Å². The largest absolute Gasteiger partial charge is 0.497 e. The highest BCUT2D eigenvalue weighted by Crippen LogP contribution is 2.27. The first kappa shape index (κ1) is 25.1. The fraction of sp³-hybridized carbons (Fsp3) is 0.125. The van der Waals surface area contributed by atoms with Crippen LogP contribution in [0.5, 0.6) is 11.5 Å². The maximum atomic E-state index is 14.1. The van der Waals surface area contributed by atoms with Crippen molar-refractivity contribution in [2.24, 2.45) is 0 Å². The standard InChI is InChI=1S/C32H26N4O4/c1-19-7-5-9-25-27(19)33-29(35(31(25)37)21-11-15-23(39-3)16-12-21)30-34-28-20(2)8-6-10-26(28)32(38)36(30)22-13-17-24(40-4)18-14-22/h5-18H,1-4H3. The molecule has 0 N–H and O–H groups in total. The Morgan fingerprint density at radius 2 is 0.925 bits per heavy atom. The molecule has 2 heterocycles. The number of benzene rings is 4. The molecule has 8 nitrogen and oxygen atoms in total. The zero-order valence-corrected chi connectivity index (χ0v) is 22.5. The van der Waals surface area contributed by atoms with E-state index >= 15 is 0 Å². The van der Waals surface area contributed by atoms with E-state index in [0.29, 0.717) is 44.7 Å². The maximum absolute atomic E-state index is 14.1. The van der Waals surface area contributed by atoms with Gasteiger partial charge in [0.1, 0.15) is 11.5 Å². The molecule has 0 aliphatic carbocycles. The number of methoxy groups -OCH3 is 2. The second-order valence-electron chi connectivity index (χ2n) is 9.49. The van der Waals surface area contributed by atoms with Crippen molar-refractivity contribution < 1.29 is 9.47 Å². The summed E-state index contributed by atoms with van der Waals surface area (Å²) in [5.41, 5.74) is 3.37. The molecule has 40 heavy (non-hydrogen) atoms. The Hall–Kier alpha value is -5.24. The number of aromatic nitrogens is 4. The minimum Gasteiger partial charge on any atom is -0.497 e. The van der Waals surface area contributed by atoms with Gasteiger partial charge >= 0.3 is 0 Å². The van der Waals surface area contributed by atoms with Crippen LogP contribution < -0.4 is 20.6 Å². The lowest BCUT2D eigenvalue weighted by Crippen LogP contribution is -2.28. The molecule has 0 amide bonds. The molecule has 8 heteroatoms. The Balaban J connectivity index is 1.79. The molecule has 0 spiro atoms. The zero-order chi connectivity index (χ0) is 28.0. The molecule has 0 unspecified atom stereocenters. The predicted octanol–water partition coefficient (Wildman–Crippen LogP) is 5.39. The number of aryl methyl sites for hydroxylation is 2. The van der Waals surface area contributed by atoms with Gasteiger partial charge in [-0.2, -0.15) is 0 Å². The van der Waals surface area contributed by atoms with Gasteiger partial charge in [0, 0.05) is 0 Å². The lowest BCUT2D eigenvalue weighted by molar-refractivity contribution is 0.414. The van der Waals surface area contributed by atoms with E-state index in [2.05, 4.69) is 0 Å². The fourth-order valence-electron chi connectivity index (χ4n) is 4.95. The molecule has 6 rings (SSSR count). The lowest BCUT2D eigenvalue weighted by atomic mass is 10.1. The van der Waals surface area contributed by atoms with Crippen molar-refractivity contribution >= 4 is 21.8 Å². The average molecular weight is 531 g/mol. The highest BCUT2D eigenvalue weighted by molar-refractivity contribution is 5.85. The van der Waals surface area contributed by atoms with E-state index in [1.54, 1.807) is 74.9 Å². The van der Waals surface area contributed by atoms with Crippen LogP contribution in [0.15, 0.2) is 94.5 Å². The van der Waals surface area contributed by atoms with Crippen molar-refractivity contribution in [1.29, 1.82) is 0 Å². The van der Waals surface area contributed by atoms with Gasteiger partial charge in [-0.1, -0.05) is 24.3 Å². The Bertz CT molecular complexity index is 1880. The van der Waals surface area contributed by atoms with Gasteiger partial charge in [0.2, 0.25) is 0 Å². The average Bonchev–Trinajstić information content (AvgIpc) is 2.98. The van der Waals surface area contributed by atoms with Gasteiger partial charge in [-0.15, -0.1) is 0 Å². The molecule has 0 saturated heterocycles. The third-order valence-corrected chi connectivity index (χ3v) is 7.06. The van der Waals surface area contributed by atoms with Crippen LogP contribution in [0.25, 0.3) is 44.8 Å². The Kier molecular flexibility index (Phi) is 6.15. The topological polar surface area (TPSA) is 88.2 Å². The molecule has 6 aromatic rings. The van der Waals surface area contributed by atoms with Crippen LogP contribution in [0.3, 0.4) is 0 Å². The van der Waals surface area contributed by atoms with Crippen LogP contribution in [0.1, 0.15) is 11.1 Å². The maximum Gasteiger partial charge on any atom is 0.266 e. The van der Waals surface area contributed by atoms with E-state index in [1.807, 2.05) is 38.1 Å². The van der Waals surface area contributed by atoms with E-state index in [4.69, 9.17) is 19.4 Å². The van der Waals surface area contributed by atoms with Crippen LogP contribution in [0, 0.1) is 13.8 Å². The summed E-state index contributed by atoms with van der Waals surface area (Å²) >= 11 is 0. The summed E-state index contributed by atoms with van der Waals surface area (Å²) in [4.78, 5) is 38.3. The molecule has 2 aromatic heterocycles. The van der Waals surface area contributed by atoms with Gasteiger partial charge in [0.15, 0.2) is 11.6 Å². The van der Waals surface area contributed by atoms with Crippen molar-refractivity contribution in [2.75, 3.05) is 14.2 Å². The van der Waals surface area contributed by atoms with Crippen LogP contribution in [-0.4, -0.2) is 33.3 Å². The summed E-state index contributed by atoms with van der Waals surface area (Å²) in [6.07, 6.45) is 0. The van der Waals surface area contributed by atoms with Gasteiger partial charge in [0.25, 0.3) is 11.1 Å². The summed E-state index contributed by atoms with van der Waals surface area (Å²) in [6.45, 7) is 3.82. The van der Waals surface area contributed by atoms with E-state index in [0.717, 1.165) is 11.1 Å². The Morgan fingerprint density at radius 1 is 0.550 bits per heavy atom. The van der Waals surface area contributed by atoms with E-state index in [-0.39, 0.29) is 22.8 Å². The smallest absolute Gasteiger partial charge is 0.266 e. The van der Waals surface area contributed by atoms with Gasteiger partial charge in [-0.3, -0.25) is 18.7 Å². The van der Waals surface area contributed by atoms with Gasteiger partial charge in [0.05, 0.1) is 47.4 Å². The summed E-state index contributed by atoms with van der Waals surface area (Å²) in [5, 5.41) is 0.935. The third kappa shape index (κ3) is 4.01. The summed E-state index contributed by atoms with van der Waals surface area (Å²) < 4.78 is 13.7. The highest BCUT2D eigenvalue weighted by Gasteiger charge is 2.23. The molecule has 0 atom stereocenters. The normalized spacial score (nSPS) is 11.2. The first-order valence-electron chi connectivity index (χ1n) is 12.7. The van der Waals surface area contributed by atoms with Crippen molar-refractivity contribution in [1.82, 2.24) is 19.1 Å². The number of para-hydroxylation sites is 2. The molecule has 0 aliphatic rings. The molecule has 0 fully saturated rings. The van der Waals surface area contributed by atoms with E-state index in [9.17, 15) is 9.59 Å². The minimum atomic E-state index is -0.269. The monoisotopic (exact) mass is 530 g/mol. The first-order chi connectivity index (χ1) is 19.4. The molecular weight excluding hydrogens is 504 g/mol. The fourth-order valence-corrected chi connectivity index (χ4v) is 4.95. The van der Waals surface area contributed by atoms with Crippen LogP contribution >= 0.6 is 0 Å². The zero-order valence-electron chi connectivity index (χ0n) is 22.5. The molecule has 0 bridgehead atoms. The number of nitrogens with zero attached hydrogens (tertiary/aromatic N) is 4. The number of hydrogen-bond acceptors (Lipinski definition) is 6. The number of fused-ring (bicyclic) bond motifs is 2. The number of ether oxygens (including phenoxy) is 2. The number of rotatable bonds is 5. The second kappa shape index (κ2) is 9.81. The molecule has 0 aliphatic heterocycles. The Morgan fingerprint density at radius 3 is 1.27 bits per heavy atom. The quantitative estimate of drug-likeness (QED) is 0.297. The Labute approximate surface area is 229 Å². The highest BCUT2D eigenvalue weighted by atomic mass is 16.5. The second-order valence-corrected chi connectivity index (χ2v) is 9.49. The molecular formula is C32H26N4O4. The molecule has 198 valence electrons. The van der Waals surface area contributed by atoms with Crippen molar-refractivity contribution in [3.8, 4) is 34.5 Å². The van der Waals surface area contributed by atoms with Gasteiger partial charge < -0.3 is 9.47 Å².